The van der Waals surface area contributed by atoms with Crippen molar-refractivity contribution in [2.75, 3.05) is 11.9 Å². The molecular weight excluding hydrogens is 405 g/mol. The number of amides is 2. The summed E-state index contributed by atoms with van der Waals surface area (Å²) in [4.78, 5) is 35.1. The first kappa shape index (κ1) is 20.1. The van der Waals surface area contributed by atoms with Crippen LogP contribution in [0.4, 0.5) is 10.1 Å². The van der Waals surface area contributed by atoms with E-state index in [4.69, 9.17) is 10.5 Å². The number of fused-ring (bicyclic) bond motifs is 1. The van der Waals surface area contributed by atoms with Crippen molar-refractivity contribution in [2.24, 2.45) is 5.73 Å². The van der Waals surface area contributed by atoms with E-state index in [0.717, 1.165) is 0 Å². The maximum absolute atomic E-state index is 14.6. The number of carboxylic acid groups (broad SMARTS) is 1. The van der Waals surface area contributed by atoms with Crippen molar-refractivity contribution in [3.63, 3.8) is 0 Å². The minimum atomic E-state index is -1.23. The lowest BCUT2D eigenvalue weighted by atomic mass is 9.88. The van der Waals surface area contributed by atoms with Gasteiger partial charge in [-0.05, 0) is 29.8 Å². The number of aromatic carboxylic acids is 1. The van der Waals surface area contributed by atoms with Crippen LogP contribution in [0.2, 0.25) is 0 Å². The Bertz CT molecular complexity index is 1190. The largest absolute Gasteiger partial charge is 0.484 e. The Morgan fingerprint density at radius 1 is 1.19 bits per heavy atom. The molecule has 0 saturated carbocycles. The number of carboxylic acids is 1. The number of carbonyl (C=O) groups is 3. The number of nitrogens with two attached hydrogens (primary N) is 1. The summed E-state index contributed by atoms with van der Waals surface area (Å²) in [5, 5.41) is 12.3. The fourth-order valence-electron chi connectivity index (χ4n) is 3.70. The van der Waals surface area contributed by atoms with Crippen molar-refractivity contribution in [1.29, 1.82) is 0 Å². The van der Waals surface area contributed by atoms with Crippen molar-refractivity contribution < 1.29 is 28.6 Å². The van der Waals surface area contributed by atoms with Crippen molar-refractivity contribution in [1.82, 2.24) is 4.57 Å². The van der Waals surface area contributed by atoms with Gasteiger partial charge in [0.15, 0.2) is 6.61 Å². The Kier molecular flexibility index (Phi) is 5.16. The van der Waals surface area contributed by atoms with Crippen LogP contribution in [0.15, 0.2) is 54.7 Å². The van der Waals surface area contributed by atoms with Gasteiger partial charge >= 0.3 is 5.97 Å². The number of ether oxygens (including phenoxy) is 1. The number of anilines is 1. The molecule has 1 aliphatic rings. The number of aromatic nitrogens is 1. The van der Waals surface area contributed by atoms with Crippen LogP contribution in [-0.4, -0.2) is 34.1 Å². The number of carbonyl (C=O) groups excluding carboxylic acids is 2. The topological polar surface area (TPSA) is 124 Å². The molecule has 0 aliphatic carbocycles. The second kappa shape index (κ2) is 7.94. The van der Waals surface area contributed by atoms with Gasteiger partial charge in [-0.1, -0.05) is 24.3 Å². The molecule has 2 amide bonds. The van der Waals surface area contributed by atoms with Crippen molar-refractivity contribution >= 4 is 23.5 Å². The van der Waals surface area contributed by atoms with Gasteiger partial charge in [-0.25, -0.2) is 9.18 Å². The Labute approximate surface area is 176 Å². The number of para-hydroxylation sites is 1. The van der Waals surface area contributed by atoms with Gasteiger partial charge < -0.3 is 25.5 Å². The molecule has 1 aromatic heterocycles. The first-order chi connectivity index (χ1) is 14.8. The average molecular weight is 423 g/mol. The summed E-state index contributed by atoms with van der Waals surface area (Å²) >= 11 is 0. The summed E-state index contributed by atoms with van der Waals surface area (Å²) < 4.78 is 21.3. The van der Waals surface area contributed by atoms with Crippen LogP contribution in [0, 0.1) is 5.82 Å². The molecule has 1 atom stereocenters. The number of rotatable bonds is 6. The lowest BCUT2D eigenvalue weighted by Gasteiger charge is -2.26. The molecule has 9 heteroatoms. The van der Waals surface area contributed by atoms with E-state index in [1.165, 1.54) is 29.0 Å². The maximum Gasteiger partial charge on any atom is 0.339 e. The zero-order valence-electron chi connectivity index (χ0n) is 16.2. The van der Waals surface area contributed by atoms with Gasteiger partial charge in [-0.3, -0.25) is 9.59 Å². The molecule has 0 spiro atoms. The van der Waals surface area contributed by atoms with Gasteiger partial charge in [0.2, 0.25) is 5.91 Å². The highest BCUT2D eigenvalue weighted by Gasteiger charge is 2.34. The van der Waals surface area contributed by atoms with Gasteiger partial charge in [0.25, 0.3) is 5.91 Å². The van der Waals surface area contributed by atoms with E-state index in [0.29, 0.717) is 17.0 Å². The third kappa shape index (κ3) is 3.85. The molecule has 0 bridgehead atoms. The molecule has 4 rings (SSSR count). The molecule has 0 fully saturated rings. The fourth-order valence-corrected chi connectivity index (χ4v) is 3.70. The molecule has 0 radical (unpaired) electrons. The summed E-state index contributed by atoms with van der Waals surface area (Å²) in [5.41, 5.74) is 6.44. The number of primary amides is 1. The predicted octanol–water partition coefficient (Wildman–Crippen LogP) is 2.65. The number of nitrogens with zero attached hydrogens (tertiary/aromatic N) is 1. The maximum atomic E-state index is 14.6. The molecule has 0 saturated heterocycles. The van der Waals surface area contributed by atoms with Crippen LogP contribution in [-0.2, 0) is 9.59 Å². The van der Waals surface area contributed by atoms with E-state index in [1.807, 2.05) is 0 Å². The molecule has 8 nitrogen and oxygen atoms in total. The van der Waals surface area contributed by atoms with Gasteiger partial charge in [0.05, 0.1) is 17.1 Å². The first-order valence-corrected chi connectivity index (χ1v) is 9.39. The van der Waals surface area contributed by atoms with Gasteiger partial charge in [0.1, 0.15) is 17.1 Å². The van der Waals surface area contributed by atoms with Crippen molar-refractivity contribution in [3.05, 3.63) is 77.4 Å². The standard InChI is InChI=1S/C22H18FN3O5/c23-16-3-1-2-4-17(16)26-10-15(22(29)30)20-21(26)14(9-19(28)25-20)12-5-7-13(8-6-12)31-11-18(24)27/h1-8,10,14H,9,11H2,(H2,24,27)(H,25,28)(H,29,30)/t14-/m1/s1. The lowest BCUT2D eigenvalue weighted by molar-refractivity contribution is -0.120. The highest BCUT2D eigenvalue weighted by Crippen LogP contribution is 2.42. The smallest absolute Gasteiger partial charge is 0.339 e. The monoisotopic (exact) mass is 423 g/mol. The number of hydrogen-bond acceptors (Lipinski definition) is 4. The number of nitrogens with one attached hydrogen (secondary N) is 1. The van der Waals surface area contributed by atoms with Gasteiger partial charge in [-0.2, -0.15) is 0 Å². The minimum absolute atomic E-state index is 0.0476. The van der Waals surface area contributed by atoms with E-state index in [1.54, 1.807) is 30.3 Å². The lowest BCUT2D eigenvalue weighted by Crippen LogP contribution is -2.25. The molecule has 1 aliphatic heterocycles. The van der Waals surface area contributed by atoms with Gasteiger partial charge in [-0.15, -0.1) is 0 Å². The van der Waals surface area contributed by atoms with Crippen LogP contribution < -0.4 is 15.8 Å². The summed E-state index contributed by atoms with van der Waals surface area (Å²) in [7, 11) is 0. The van der Waals surface area contributed by atoms with Gasteiger partial charge in [0, 0.05) is 18.5 Å². The van der Waals surface area contributed by atoms with E-state index in [-0.39, 0.29) is 35.9 Å². The zero-order chi connectivity index (χ0) is 22.1. The van der Waals surface area contributed by atoms with Crippen molar-refractivity contribution in [3.8, 4) is 11.4 Å². The summed E-state index contributed by atoms with van der Waals surface area (Å²) in [6.07, 6.45) is 1.36. The van der Waals surface area contributed by atoms with E-state index in [9.17, 15) is 23.9 Å². The van der Waals surface area contributed by atoms with Crippen LogP contribution >= 0.6 is 0 Å². The van der Waals surface area contributed by atoms with E-state index >= 15 is 0 Å². The fraction of sp³-hybridized carbons (Fsp3) is 0.136. The average Bonchev–Trinajstić information content (AvgIpc) is 3.12. The summed E-state index contributed by atoms with van der Waals surface area (Å²) in [6.45, 7) is -0.270. The molecule has 2 aromatic carbocycles. The molecular formula is C22H18FN3O5. The number of hydrogen-bond donors (Lipinski definition) is 3. The van der Waals surface area contributed by atoms with Crippen LogP contribution in [0.1, 0.15) is 34.0 Å². The third-order valence-electron chi connectivity index (χ3n) is 5.03. The zero-order valence-corrected chi connectivity index (χ0v) is 16.2. The quantitative estimate of drug-likeness (QED) is 0.562. The second-order valence-corrected chi connectivity index (χ2v) is 7.06. The molecule has 4 N–H and O–H groups in total. The van der Waals surface area contributed by atoms with Crippen molar-refractivity contribution in [2.45, 2.75) is 12.3 Å². The summed E-state index contributed by atoms with van der Waals surface area (Å²) in [6, 6.07) is 12.7. The molecule has 2 heterocycles. The summed E-state index contributed by atoms with van der Waals surface area (Å²) in [5.74, 6) is -2.83. The Hall–Kier alpha value is -4.14. The molecule has 31 heavy (non-hydrogen) atoms. The first-order valence-electron chi connectivity index (χ1n) is 9.39. The molecule has 0 unspecified atom stereocenters. The highest BCUT2D eigenvalue weighted by molar-refractivity contribution is 6.04. The SMILES string of the molecule is NC(=O)COc1ccc([C@H]2CC(=O)Nc3c(C(=O)O)cn(-c4ccccc4F)c32)cc1. The molecule has 158 valence electrons. The number of halogens is 1. The van der Waals surface area contributed by atoms with E-state index < -0.39 is 23.6 Å². The molecule has 3 aromatic rings. The Morgan fingerprint density at radius 3 is 2.55 bits per heavy atom. The predicted molar refractivity (Wildman–Crippen MR) is 109 cm³/mol. The minimum Gasteiger partial charge on any atom is -0.484 e. The Balaban J connectivity index is 1.83. The van der Waals surface area contributed by atoms with Crippen LogP contribution in [0.25, 0.3) is 5.69 Å². The normalized spacial score (nSPS) is 15.1. The third-order valence-corrected chi connectivity index (χ3v) is 5.03. The second-order valence-electron chi connectivity index (χ2n) is 7.06. The number of benzene rings is 2. The van der Waals surface area contributed by atoms with Crippen LogP contribution in [0.3, 0.4) is 0 Å². The van der Waals surface area contributed by atoms with E-state index in [2.05, 4.69) is 5.32 Å². The van der Waals surface area contributed by atoms with Crippen LogP contribution in [0.5, 0.6) is 5.75 Å². The Morgan fingerprint density at radius 2 is 1.90 bits per heavy atom. The highest BCUT2D eigenvalue weighted by atomic mass is 19.1.